The zero-order chi connectivity index (χ0) is 14.9. The lowest BCUT2D eigenvalue weighted by Gasteiger charge is -2.30. The van der Waals surface area contributed by atoms with E-state index < -0.39 is 0 Å². The number of likely N-dealkylation sites (tertiary alicyclic amines) is 1. The van der Waals surface area contributed by atoms with Gasteiger partial charge in [-0.15, -0.1) is 0 Å². The number of piperidine rings is 1. The van der Waals surface area contributed by atoms with Gasteiger partial charge in [-0.3, -0.25) is 10.00 Å². The van der Waals surface area contributed by atoms with Gasteiger partial charge in [0.25, 0.3) is 0 Å². The van der Waals surface area contributed by atoms with Crippen LogP contribution in [-0.2, 0) is 6.54 Å². The summed E-state index contributed by atoms with van der Waals surface area (Å²) in [4.78, 5) is 2.42. The first-order valence-corrected chi connectivity index (χ1v) is 7.54. The Morgan fingerprint density at radius 2 is 2.18 bits per heavy atom. The number of aromatic amines is 1. The van der Waals surface area contributed by atoms with Gasteiger partial charge in [0, 0.05) is 35.7 Å². The van der Waals surface area contributed by atoms with Crippen LogP contribution >= 0.6 is 0 Å². The van der Waals surface area contributed by atoms with E-state index in [1.54, 1.807) is 6.07 Å². The SMILES string of the molecule is Fc1ccc2c(C3CCN(Cc4cn[nH]c4)CC3)noc2c1. The van der Waals surface area contributed by atoms with E-state index in [-0.39, 0.29) is 5.82 Å². The fraction of sp³-hybridized carbons (Fsp3) is 0.375. The average Bonchev–Trinajstić information content (AvgIpc) is 3.17. The Balaban J connectivity index is 1.46. The quantitative estimate of drug-likeness (QED) is 0.807. The summed E-state index contributed by atoms with van der Waals surface area (Å²) in [6.45, 7) is 2.96. The van der Waals surface area contributed by atoms with Crippen molar-refractivity contribution in [2.75, 3.05) is 13.1 Å². The Morgan fingerprint density at radius 1 is 1.32 bits per heavy atom. The minimum atomic E-state index is -0.287. The molecule has 4 rings (SSSR count). The highest BCUT2D eigenvalue weighted by atomic mass is 19.1. The molecule has 1 aliphatic heterocycles. The Bertz CT molecular complexity index is 760. The molecule has 0 atom stereocenters. The normalized spacial score (nSPS) is 17.3. The molecule has 22 heavy (non-hydrogen) atoms. The van der Waals surface area contributed by atoms with Crippen LogP contribution in [0.15, 0.2) is 35.1 Å². The standard InChI is InChI=1S/C16H17FN4O/c17-13-1-2-14-15(7-13)22-20-16(14)12-3-5-21(6-4-12)10-11-8-18-19-9-11/h1-2,7-9,12H,3-6,10H2,(H,18,19). The van der Waals surface area contributed by atoms with Crippen LogP contribution in [0.25, 0.3) is 11.0 Å². The van der Waals surface area contributed by atoms with E-state index in [9.17, 15) is 4.39 Å². The minimum Gasteiger partial charge on any atom is -0.356 e. The van der Waals surface area contributed by atoms with Gasteiger partial charge in [0.15, 0.2) is 5.58 Å². The molecule has 1 N–H and O–H groups in total. The molecule has 1 aliphatic rings. The lowest BCUT2D eigenvalue weighted by Crippen LogP contribution is -2.32. The number of rotatable bonds is 3. The van der Waals surface area contributed by atoms with E-state index >= 15 is 0 Å². The van der Waals surface area contributed by atoms with Gasteiger partial charge >= 0.3 is 0 Å². The zero-order valence-electron chi connectivity index (χ0n) is 12.1. The summed E-state index contributed by atoms with van der Waals surface area (Å²) in [5.74, 6) is 0.0949. The monoisotopic (exact) mass is 300 g/mol. The second kappa shape index (κ2) is 5.53. The highest BCUT2D eigenvalue weighted by Crippen LogP contribution is 2.33. The summed E-state index contributed by atoms with van der Waals surface area (Å²) in [5.41, 5.74) is 2.72. The highest BCUT2D eigenvalue weighted by Gasteiger charge is 2.25. The first kappa shape index (κ1) is 13.5. The largest absolute Gasteiger partial charge is 0.356 e. The van der Waals surface area contributed by atoms with Crippen molar-refractivity contribution in [3.63, 3.8) is 0 Å². The molecule has 0 spiro atoms. The maximum Gasteiger partial charge on any atom is 0.170 e. The third-order valence-corrected chi connectivity index (χ3v) is 4.40. The van der Waals surface area contributed by atoms with Gasteiger partial charge in [-0.25, -0.2) is 4.39 Å². The Kier molecular flexibility index (Phi) is 3.38. The number of hydrogen-bond acceptors (Lipinski definition) is 4. The molecule has 3 aromatic rings. The topological polar surface area (TPSA) is 58.0 Å². The first-order valence-electron chi connectivity index (χ1n) is 7.54. The van der Waals surface area contributed by atoms with Crippen molar-refractivity contribution >= 4 is 11.0 Å². The van der Waals surface area contributed by atoms with E-state index in [4.69, 9.17) is 4.52 Å². The number of benzene rings is 1. The zero-order valence-corrected chi connectivity index (χ0v) is 12.1. The average molecular weight is 300 g/mol. The van der Waals surface area contributed by atoms with Gasteiger partial charge < -0.3 is 4.52 Å². The first-order chi connectivity index (χ1) is 10.8. The number of hydrogen-bond donors (Lipinski definition) is 1. The summed E-state index contributed by atoms with van der Waals surface area (Å²) in [7, 11) is 0. The van der Waals surface area contributed by atoms with E-state index in [1.165, 1.54) is 17.7 Å². The van der Waals surface area contributed by atoms with Crippen molar-refractivity contribution in [2.45, 2.75) is 25.3 Å². The summed E-state index contributed by atoms with van der Waals surface area (Å²) >= 11 is 0. The van der Waals surface area contributed by atoms with Crippen LogP contribution in [0.3, 0.4) is 0 Å². The van der Waals surface area contributed by atoms with Gasteiger partial charge in [-0.05, 0) is 38.1 Å². The molecular formula is C16H17FN4O. The third-order valence-electron chi connectivity index (χ3n) is 4.40. The molecule has 0 aliphatic carbocycles. The summed E-state index contributed by atoms with van der Waals surface area (Å²) < 4.78 is 18.5. The van der Waals surface area contributed by atoms with Crippen LogP contribution in [0.2, 0.25) is 0 Å². The molecule has 114 valence electrons. The molecular weight excluding hydrogens is 283 g/mol. The van der Waals surface area contributed by atoms with Crippen molar-refractivity contribution in [3.8, 4) is 0 Å². The van der Waals surface area contributed by atoms with Crippen molar-refractivity contribution in [1.29, 1.82) is 0 Å². The van der Waals surface area contributed by atoms with Gasteiger partial charge in [0.05, 0.1) is 11.9 Å². The molecule has 3 heterocycles. The second-order valence-corrected chi connectivity index (χ2v) is 5.87. The van der Waals surface area contributed by atoms with Crippen molar-refractivity contribution < 1.29 is 8.91 Å². The lowest BCUT2D eigenvalue weighted by atomic mass is 9.91. The molecule has 6 heteroatoms. The van der Waals surface area contributed by atoms with Gasteiger partial charge in [-0.2, -0.15) is 5.10 Å². The van der Waals surface area contributed by atoms with Crippen LogP contribution in [-0.4, -0.2) is 33.3 Å². The summed E-state index contributed by atoms with van der Waals surface area (Å²) in [6, 6.07) is 4.64. The van der Waals surface area contributed by atoms with E-state index in [0.29, 0.717) is 11.5 Å². The summed E-state index contributed by atoms with van der Waals surface area (Å²) in [5, 5.41) is 12.0. The van der Waals surface area contributed by atoms with Crippen LogP contribution in [0.1, 0.15) is 30.0 Å². The fourth-order valence-electron chi connectivity index (χ4n) is 3.21. The van der Waals surface area contributed by atoms with E-state index in [2.05, 4.69) is 20.3 Å². The fourth-order valence-corrected chi connectivity index (χ4v) is 3.21. The van der Waals surface area contributed by atoms with Gasteiger partial charge in [-0.1, -0.05) is 5.16 Å². The van der Waals surface area contributed by atoms with Crippen molar-refractivity contribution in [1.82, 2.24) is 20.3 Å². The van der Waals surface area contributed by atoms with Crippen molar-refractivity contribution in [3.05, 3.63) is 47.7 Å². The number of aromatic nitrogens is 3. The molecule has 0 saturated carbocycles. The van der Waals surface area contributed by atoms with Gasteiger partial charge in [0.1, 0.15) is 5.82 Å². The maximum absolute atomic E-state index is 13.2. The molecule has 0 unspecified atom stereocenters. The number of nitrogens with one attached hydrogen (secondary N) is 1. The number of H-pyrrole nitrogens is 1. The number of fused-ring (bicyclic) bond motifs is 1. The predicted molar refractivity (Wildman–Crippen MR) is 79.8 cm³/mol. The second-order valence-electron chi connectivity index (χ2n) is 5.87. The molecule has 1 saturated heterocycles. The Labute approximate surface area is 127 Å². The molecule has 1 aromatic carbocycles. The molecule has 2 aromatic heterocycles. The third kappa shape index (κ3) is 2.50. The number of nitrogens with zero attached hydrogens (tertiary/aromatic N) is 3. The number of halogens is 1. The lowest BCUT2D eigenvalue weighted by molar-refractivity contribution is 0.202. The maximum atomic E-state index is 13.2. The van der Waals surface area contributed by atoms with E-state index in [1.807, 2.05) is 12.4 Å². The van der Waals surface area contributed by atoms with Crippen LogP contribution in [0.4, 0.5) is 4.39 Å². The van der Waals surface area contributed by atoms with Crippen LogP contribution < -0.4 is 0 Å². The van der Waals surface area contributed by atoms with Crippen molar-refractivity contribution in [2.24, 2.45) is 0 Å². The smallest absolute Gasteiger partial charge is 0.170 e. The Hall–Kier alpha value is -2.21. The van der Waals surface area contributed by atoms with Crippen LogP contribution in [0, 0.1) is 5.82 Å². The Morgan fingerprint density at radius 3 is 2.95 bits per heavy atom. The predicted octanol–water partition coefficient (Wildman–Crippen LogP) is 3.07. The highest BCUT2D eigenvalue weighted by molar-refractivity contribution is 5.79. The molecule has 5 nitrogen and oxygen atoms in total. The molecule has 0 bridgehead atoms. The van der Waals surface area contributed by atoms with Gasteiger partial charge in [0.2, 0.25) is 0 Å². The van der Waals surface area contributed by atoms with E-state index in [0.717, 1.165) is 43.6 Å². The van der Waals surface area contributed by atoms with Crippen LogP contribution in [0.5, 0.6) is 0 Å². The minimum absolute atomic E-state index is 0.287. The molecule has 0 radical (unpaired) electrons. The summed E-state index contributed by atoms with van der Waals surface area (Å²) in [6.07, 6.45) is 5.88. The molecule has 0 amide bonds. The molecule has 1 fully saturated rings.